The number of hydrogen-bond acceptors (Lipinski definition) is 5. The van der Waals surface area contributed by atoms with Crippen LogP contribution in [-0.4, -0.2) is 59.6 Å². The Bertz CT molecular complexity index is 766. The molecule has 0 saturated carbocycles. The molecule has 1 aromatic heterocycles. The molecule has 1 aliphatic rings. The lowest BCUT2D eigenvalue weighted by Crippen LogP contribution is -2.39. The molecule has 1 amide bonds. The third-order valence-electron chi connectivity index (χ3n) is 4.45. The van der Waals surface area contributed by atoms with Crippen LogP contribution in [0.1, 0.15) is 18.5 Å². The number of nitrogens with zero attached hydrogens (tertiary/aromatic N) is 2. The Morgan fingerprint density at radius 1 is 1.31 bits per heavy atom. The van der Waals surface area contributed by atoms with Crippen LogP contribution in [0.25, 0.3) is 11.1 Å². The number of Topliss-reactive ketones (excluding diaryl/α,β-unsaturated/α-hetero) is 1. The second kappa shape index (κ2) is 8.62. The minimum Gasteiger partial charge on any atom is -0.492 e. The molecule has 3 rings (SSSR count). The highest BCUT2D eigenvalue weighted by Crippen LogP contribution is 2.25. The van der Waals surface area contributed by atoms with Gasteiger partial charge in [0.15, 0.2) is 0 Å². The van der Waals surface area contributed by atoms with Gasteiger partial charge in [-0.1, -0.05) is 12.1 Å². The van der Waals surface area contributed by atoms with Gasteiger partial charge in [-0.15, -0.1) is 0 Å². The number of likely N-dealkylation sites (tertiary alicyclic amines) is 1. The van der Waals surface area contributed by atoms with E-state index in [1.54, 1.807) is 6.20 Å². The number of ketones is 1. The Kier molecular flexibility index (Phi) is 6.01. The molecule has 7 nitrogen and oxygen atoms in total. The van der Waals surface area contributed by atoms with E-state index in [2.05, 4.69) is 15.5 Å². The largest absolute Gasteiger partial charge is 0.492 e. The molecule has 0 aliphatic carbocycles. The molecule has 1 saturated heterocycles. The number of aromatic amines is 1. The van der Waals surface area contributed by atoms with Crippen LogP contribution in [0, 0.1) is 6.92 Å². The Balaban J connectivity index is 1.43. The van der Waals surface area contributed by atoms with Crippen molar-refractivity contribution in [3.05, 3.63) is 36.2 Å². The van der Waals surface area contributed by atoms with Crippen molar-refractivity contribution in [3.63, 3.8) is 0 Å². The number of carbonyl (C=O) groups excluding carboxylic acids is 2. The first-order valence-electron chi connectivity index (χ1n) is 8.90. The minimum absolute atomic E-state index is 0.207. The van der Waals surface area contributed by atoms with Gasteiger partial charge in [-0.2, -0.15) is 5.10 Å². The molecular weight excluding hydrogens is 332 g/mol. The molecular formula is C19H24N4O3. The Hall–Kier alpha value is -2.67. The molecule has 0 atom stereocenters. The van der Waals surface area contributed by atoms with Crippen molar-refractivity contribution in [1.82, 2.24) is 20.4 Å². The minimum atomic E-state index is -0.539. The van der Waals surface area contributed by atoms with E-state index in [1.807, 2.05) is 36.1 Å². The quantitative estimate of drug-likeness (QED) is 0.553. The van der Waals surface area contributed by atoms with E-state index >= 15 is 0 Å². The van der Waals surface area contributed by atoms with Crippen LogP contribution in [0.4, 0.5) is 0 Å². The van der Waals surface area contributed by atoms with E-state index in [1.165, 1.54) is 0 Å². The molecule has 7 heteroatoms. The summed E-state index contributed by atoms with van der Waals surface area (Å²) in [6.07, 6.45) is 3.97. The molecule has 2 heterocycles. The summed E-state index contributed by atoms with van der Waals surface area (Å²) < 4.78 is 5.68. The van der Waals surface area contributed by atoms with Gasteiger partial charge in [-0.05, 0) is 50.6 Å². The van der Waals surface area contributed by atoms with E-state index in [4.69, 9.17) is 4.74 Å². The molecule has 2 aromatic rings. The number of aromatic nitrogens is 2. The van der Waals surface area contributed by atoms with Crippen LogP contribution < -0.4 is 10.1 Å². The molecule has 0 spiro atoms. The summed E-state index contributed by atoms with van der Waals surface area (Å²) in [6, 6.07) is 7.69. The van der Waals surface area contributed by atoms with Gasteiger partial charge >= 0.3 is 0 Å². The van der Waals surface area contributed by atoms with Crippen molar-refractivity contribution in [3.8, 4) is 16.9 Å². The van der Waals surface area contributed by atoms with Crippen molar-refractivity contribution >= 4 is 11.7 Å². The average Bonchev–Trinajstić information content (AvgIpc) is 3.30. The van der Waals surface area contributed by atoms with Crippen molar-refractivity contribution in [2.24, 2.45) is 0 Å². The monoisotopic (exact) mass is 356 g/mol. The summed E-state index contributed by atoms with van der Waals surface area (Å²) in [5.41, 5.74) is 3.03. The normalized spacial score (nSPS) is 14.3. The number of ether oxygens (including phenoxy) is 1. The molecule has 138 valence electrons. The lowest BCUT2D eigenvalue weighted by Gasteiger charge is -2.13. The fourth-order valence-electron chi connectivity index (χ4n) is 3.04. The van der Waals surface area contributed by atoms with E-state index < -0.39 is 5.91 Å². The summed E-state index contributed by atoms with van der Waals surface area (Å²) >= 11 is 0. The highest BCUT2D eigenvalue weighted by molar-refractivity contribution is 6.36. The van der Waals surface area contributed by atoms with Gasteiger partial charge in [0.1, 0.15) is 12.4 Å². The predicted octanol–water partition coefficient (Wildman–Crippen LogP) is 1.55. The second-order valence-corrected chi connectivity index (χ2v) is 6.45. The lowest BCUT2D eigenvalue weighted by atomic mass is 10.1. The zero-order valence-electron chi connectivity index (χ0n) is 15.0. The third kappa shape index (κ3) is 4.70. The van der Waals surface area contributed by atoms with Gasteiger partial charge in [-0.3, -0.25) is 19.6 Å². The smallest absolute Gasteiger partial charge is 0.288 e. The van der Waals surface area contributed by atoms with E-state index in [-0.39, 0.29) is 12.3 Å². The molecule has 1 aliphatic heterocycles. The maximum atomic E-state index is 11.9. The summed E-state index contributed by atoms with van der Waals surface area (Å²) in [5.74, 6) is -0.214. The fraction of sp³-hybridized carbons (Fsp3) is 0.421. The summed E-state index contributed by atoms with van der Waals surface area (Å²) in [6.45, 7) is 4.56. The average molecular weight is 356 g/mol. The Labute approximate surface area is 152 Å². The highest BCUT2D eigenvalue weighted by atomic mass is 16.5. The van der Waals surface area contributed by atoms with Gasteiger partial charge in [0.2, 0.25) is 5.78 Å². The molecule has 1 fully saturated rings. The van der Waals surface area contributed by atoms with Gasteiger partial charge in [-0.25, -0.2) is 0 Å². The standard InChI is InChI=1S/C19H24N4O3/c1-14-17(12-21-22-14)15-5-4-6-16(11-15)26-10-7-20-19(25)18(24)13-23-8-2-3-9-23/h4-6,11-12H,2-3,7-10,13H2,1H3,(H,20,25)(H,21,22). The summed E-state index contributed by atoms with van der Waals surface area (Å²) in [7, 11) is 0. The van der Waals surface area contributed by atoms with Crippen molar-refractivity contribution < 1.29 is 14.3 Å². The maximum Gasteiger partial charge on any atom is 0.288 e. The van der Waals surface area contributed by atoms with Crippen LogP contribution in [0.15, 0.2) is 30.5 Å². The third-order valence-corrected chi connectivity index (χ3v) is 4.45. The first kappa shape index (κ1) is 18.1. The molecule has 26 heavy (non-hydrogen) atoms. The number of H-pyrrole nitrogens is 1. The zero-order chi connectivity index (χ0) is 18.4. The summed E-state index contributed by atoms with van der Waals surface area (Å²) in [4.78, 5) is 25.7. The van der Waals surface area contributed by atoms with Crippen molar-refractivity contribution in [2.45, 2.75) is 19.8 Å². The van der Waals surface area contributed by atoms with Crippen LogP contribution in [-0.2, 0) is 9.59 Å². The van der Waals surface area contributed by atoms with Gasteiger partial charge in [0, 0.05) is 11.3 Å². The number of hydrogen-bond donors (Lipinski definition) is 2. The first-order chi connectivity index (χ1) is 12.6. The zero-order valence-corrected chi connectivity index (χ0v) is 15.0. The van der Waals surface area contributed by atoms with Crippen LogP contribution in [0.3, 0.4) is 0 Å². The second-order valence-electron chi connectivity index (χ2n) is 6.45. The maximum absolute atomic E-state index is 11.9. The van der Waals surface area contributed by atoms with E-state index in [9.17, 15) is 9.59 Å². The van der Waals surface area contributed by atoms with E-state index in [0.717, 1.165) is 42.8 Å². The van der Waals surface area contributed by atoms with Crippen molar-refractivity contribution in [2.75, 3.05) is 32.8 Å². The van der Waals surface area contributed by atoms with Gasteiger partial charge < -0.3 is 10.1 Å². The Morgan fingerprint density at radius 3 is 2.85 bits per heavy atom. The highest BCUT2D eigenvalue weighted by Gasteiger charge is 2.19. The van der Waals surface area contributed by atoms with Crippen LogP contribution >= 0.6 is 0 Å². The first-order valence-corrected chi connectivity index (χ1v) is 8.90. The molecule has 0 radical (unpaired) electrons. The molecule has 2 N–H and O–H groups in total. The van der Waals surface area contributed by atoms with E-state index in [0.29, 0.717) is 18.9 Å². The number of carbonyl (C=O) groups is 2. The van der Waals surface area contributed by atoms with Crippen LogP contribution in [0.2, 0.25) is 0 Å². The van der Waals surface area contributed by atoms with Crippen LogP contribution in [0.5, 0.6) is 5.75 Å². The number of nitrogens with one attached hydrogen (secondary N) is 2. The fourth-order valence-corrected chi connectivity index (χ4v) is 3.04. The number of amides is 1. The SMILES string of the molecule is Cc1[nH]ncc1-c1cccc(OCCNC(=O)C(=O)CN2CCCC2)c1. The summed E-state index contributed by atoms with van der Waals surface area (Å²) in [5, 5.41) is 9.56. The van der Waals surface area contributed by atoms with Gasteiger partial charge in [0.05, 0.1) is 19.3 Å². The number of aryl methyl sites for hydroxylation is 1. The lowest BCUT2D eigenvalue weighted by molar-refractivity contribution is -0.138. The molecule has 0 bridgehead atoms. The topological polar surface area (TPSA) is 87.3 Å². The Morgan fingerprint density at radius 2 is 2.12 bits per heavy atom. The predicted molar refractivity (Wildman–Crippen MR) is 97.9 cm³/mol. The number of rotatable bonds is 8. The molecule has 1 aromatic carbocycles. The number of benzene rings is 1. The van der Waals surface area contributed by atoms with Crippen molar-refractivity contribution in [1.29, 1.82) is 0 Å². The molecule has 0 unspecified atom stereocenters. The van der Waals surface area contributed by atoms with Gasteiger partial charge in [0.25, 0.3) is 5.91 Å².